The van der Waals surface area contributed by atoms with E-state index in [9.17, 15) is 0 Å². The van der Waals surface area contributed by atoms with E-state index in [0.717, 1.165) is 36.6 Å². The Kier molecular flexibility index (Phi) is 6.36. The Morgan fingerprint density at radius 3 is 2.65 bits per heavy atom. The SMILES string of the molecule is [C-]#[N+]c1ccc(-c2ncc(CCN)cn2)c(Oc2cc(C)nc(N3CCOCC3)c2)c1. The monoisotopic (exact) mass is 416 g/mol. The van der Waals surface area contributed by atoms with Crippen molar-refractivity contribution in [3.8, 4) is 22.9 Å². The molecule has 1 aliphatic rings. The first-order valence-corrected chi connectivity index (χ1v) is 10.2. The molecule has 2 N–H and O–H groups in total. The Labute approximate surface area is 181 Å². The van der Waals surface area contributed by atoms with Gasteiger partial charge in [0.2, 0.25) is 0 Å². The second kappa shape index (κ2) is 9.51. The molecule has 0 amide bonds. The smallest absolute Gasteiger partial charge is 0.190 e. The normalized spacial score (nSPS) is 13.6. The number of pyridine rings is 1. The van der Waals surface area contributed by atoms with E-state index in [1.54, 1.807) is 24.5 Å². The minimum absolute atomic E-state index is 0.484. The summed E-state index contributed by atoms with van der Waals surface area (Å²) in [6, 6.07) is 9.06. The van der Waals surface area contributed by atoms with Crippen LogP contribution in [0.5, 0.6) is 11.5 Å². The number of anilines is 1. The number of aryl methyl sites for hydroxylation is 1. The summed E-state index contributed by atoms with van der Waals surface area (Å²) < 4.78 is 11.7. The molecule has 0 bridgehead atoms. The zero-order valence-electron chi connectivity index (χ0n) is 17.4. The molecule has 1 aromatic carbocycles. The van der Waals surface area contributed by atoms with Gasteiger partial charge in [-0.05, 0) is 31.5 Å². The minimum atomic E-state index is 0.484. The highest BCUT2D eigenvalue weighted by Gasteiger charge is 2.16. The van der Waals surface area contributed by atoms with Gasteiger partial charge in [0.05, 0.1) is 25.3 Å². The van der Waals surface area contributed by atoms with E-state index in [2.05, 4.69) is 24.7 Å². The van der Waals surface area contributed by atoms with E-state index in [1.165, 1.54) is 0 Å². The largest absolute Gasteiger partial charge is 0.458 e. The molecule has 4 rings (SSSR count). The van der Waals surface area contributed by atoms with Crippen molar-refractivity contribution < 1.29 is 9.47 Å². The summed E-state index contributed by atoms with van der Waals surface area (Å²) in [5, 5.41) is 0. The maximum absolute atomic E-state index is 7.37. The van der Waals surface area contributed by atoms with Gasteiger partial charge in [-0.15, -0.1) is 0 Å². The van der Waals surface area contributed by atoms with Crippen LogP contribution in [0.25, 0.3) is 16.2 Å². The second-order valence-electron chi connectivity index (χ2n) is 7.25. The molecule has 1 aliphatic heterocycles. The maximum Gasteiger partial charge on any atom is 0.190 e. The molecule has 0 atom stereocenters. The second-order valence-corrected chi connectivity index (χ2v) is 7.25. The molecule has 8 nitrogen and oxygen atoms in total. The number of nitrogens with zero attached hydrogens (tertiary/aromatic N) is 5. The van der Waals surface area contributed by atoms with E-state index < -0.39 is 0 Å². The average molecular weight is 416 g/mol. The third-order valence-corrected chi connectivity index (χ3v) is 4.95. The van der Waals surface area contributed by atoms with Crippen molar-refractivity contribution >= 4 is 11.5 Å². The number of morpholine rings is 1. The maximum atomic E-state index is 7.37. The predicted octanol–water partition coefficient (Wildman–Crippen LogP) is 3.53. The van der Waals surface area contributed by atoms with Crippen molar-refractivity contribution in [3.05, 3.63) is 65.4 Å². The molecule has 31 heavy (non-hydrogen) atoms. The molecule has 0 aliphatic carbocycles. The van der Waals surface area contributed by atoms with E-state index >= 15 is 0 Å². The fraction of sp³-hybridized carbons (Fsp3) is 0.304. The lowest BCUT2D eigenvalue weighted by Gasteiger charge is -2.28. The van der Waals surface area contributed by atoms with Gasteiger partial charge in [0.1, 0.15) is 17.3 Å². The first-order chi connectivity index (χ1) is 15.2. The summed E-state index contributed by atoms with van der Waals surface area (Å²) in [5.74, 6) is 2.56. The van der Waals surface area contributed by atoms with Crippen LogP contribution in [0.4, 0.5) is 11.5 Å². The van der Waals surface area contributed by atoms with Gasteiger partial charge in [-0.1, -0.05) is 12.1 Å². The lowest BCUT2D eigenvalue weighted by atomic mass is 10.1. The van der Waals surface area contributed by atoms with Gasteiger partial charge < -0.3 is 20.1 Å². The molecule has 2 aromatic heterocycles. The standard InChI is InChI=1S/C23H24N6O2/c1-16-11-19(13-22(28-16)29-7-9-30-10-8-29)31-21-12-18(25-2)3-4-20(21)23-26-14-17(5-6-24)15-27-23/h3-4,11-15H,5-10,24H2,1H3. The zero-order valence-corrected chi connectivity index (χ0v) is 17.4. The molecule has 0 saturated carbocycles. The van der Waals surface area contributed by atoms with Gasteiger partial charge in [-0.3, -0.25) is 0 Å². The summed E-state index contributed by atoms with van der Waals surface area (Å²) in [7, 11) is 0. The molecule has 158 valence electrons. The van der Waals surface area contributed by atoms with Crippen LogP contribution in [0, 0.1) is 13.5 Å². The van der Waals surface area contributed by atoms with Crippen molar-refractivity contribution in [2.24, 2.45) is 5.73 Å². The van der Waals surface area contributed by atoms with Gasteiger partial charge >= 0.3 is 0 Å². The quantitative estimate of drug-likeness (QED) is 0.615. The Morgan fingerprint density at radius 2 is 1.94 bits per heavy atom. The summed E-state index contributed by atoms with van der Waals surface area (Å²) in [4.78, 5) is 19.3. The van der Waals surface area contributed by atoms with E-state index in [4.69, 9.17) is 21.8 Å². The first-order valence-electron chi connectivity index (χ1n) is 10.2. The molecule has 3 aromatic rings. The summed E-state index contributed by atoms with van der Waals surface area (Å²) in [5.41, 5.74) is 8.64. The van der Waals surface area contributed by atoms with Crippen molar-refractivity contribution in [2.75, 3.05) is 37.7 Å². The summed E-state index contributed by atoms with van der Waals surface area (Å²) in [6.45, 7) is 12.8. The van der Waals surface area contributed by atoms with Crippen LogP contribution in [-0.4, -0.2) is 47.8 Å². The van der Waals surface area contributed by atoms with Crippen molar-refractivity contribution in [1.29, 1.82) is 0 Å². The van der Waals surface area contributed by atoms with Gasteiger partial charge in [0.25, 0.3) is 0 Å². The summed E-state index contributed by atoms with van der Waals surface area (Å²) >= 11 is 0. The first kappa shape index (κ1) is 20.7. The van der Waals surface area contributed by atoms with Crippen molar-refractivity contribution in [3.63, 3.8) is 0 Å². The summed E-state index contributed by atoms with van der Waals surface area (Å²) in [6.07, 6.45) is 4.27. The number of nitrogens with two attached hydrogens (primary N) is 1. The molecule has 1 saturated heterocycles. The number of ether oxygens (including phenoxy) is 2. The molecule has 1 fully saturated rings. The van der Waals surface area contributed by atoms with E-state index in [-0.39, 0.29) is 0 Å². The lowest BCUT2D eigenvalue weighted by Crippen LogP contribution is -2.36. The van der Waals surface area contributed by atoms with Gasteiger partial charge in [-0.25, -0.2) is 19.8 Å². The number of rotatable bonds is 6. The fourth-order valence-corrected chi connectivity index (χ4v) is 3.40. The van der Waals surface area contributed by atoms with E-state index in [1.807, 2.05) is 25.1 Å². The molecular formula is C23H24N6O2. The lowest BCUT2D eigenvalue weighted by molar-refractivity contribution is 0.122. The van der Waals surface area contributed by atoms with Gasteiger partial charge in [-0.2, -0.15) is 0 Å². The van der Waals surface area contributed by atoms with Crippen LogP contribution in [-0.2, 0) is 11.2 Å². The van der Waals surface area contributed by atoms with Crippen LogP contribution >= 0.6 is 0 Å². The highest BCUT2D eigenvalue weighted by atomic mass is 16.5. The fourth-order valence-electron chi connectivity index (χ4n) is 3.40. The number of aromatic nitrogens is 3. The number of benzene rings is 1. The number of hydrogen-bond acceptors (Lipinski definition) is 7. The predicted molar refractivity (Wildman–Crippen MR) is 119 cm³/mol. The van der Waals surface area contributed by atoms with Crippen LogP contribution in [0.15, 0.2) is 42.7 Å². The third-order valence-electron chi connectivity index (χ3n) is 4.95. The minimum Gasteiger partial charge on any atom is -0.458 e. The Hall–Kier alpha value is -3.54. The molecule has 0 unspecified atom stereocenters. The highest BCUT2D eigenvalue weighted by Crippen LogP contribution is 2.36. The van der Waals surface area contributed by atoms with Gasteiger partial charge in [0, 0.05) is 43.3 Å². The van der Waals surface area contributed by atoms with Crippen LogP contribution < -0.4 is 15.4 Å². The Balaban J connectivity index is 1.67. The van der Waals surface area contributed by atoms with E-state index in [0.29, 0.717) is 48.3 Å². The highest BCUT2D eigenvalue weighted by molar-refractivity contribution is 5.69. The van der Waals surface area contributed by atoms with Crippen molar-refractivity contribution in [1.82, 2.24) is 15.0 Å². The molecule has 8 heteroatoms. The van der Waals surface area contributed by atoms with Crippen molar-refractivity contribution in [2.45, 2.75) is 13.3 Å². The average Bonchev–Trinajstić information content (AvgIpc) is 2.80. The van der Waals surface area contributed by atoms with Gasteiger partial charge in [0.15, 0.2) is 11.5 Å². The number of hydrogen-bond donors (Lipinski definition) is 1. The zero-order chi connectivity index (χ0) is 21.6. The van der Waals surface area contributed by atoms with Crippen LogP contribution in [0.1, 0.15) is 11.3 Å². The Morgan fingerprint density at radius 1 is 1.16 bits per heavy atom. The molecule has 0 spiro atoms. The molecular weight excluding hydrogens is 392 g/mol. The van der Waals surface area contributed by atoms with Crippen LogP contribution in [0.3, 0.4) is 0 Å². The molecule has 3 heterocycles. The topological polar surface area (TPSA) is 90.8 Å². The third kappa shape index (κ3) is 4.97. The molecule has 0 radical (unpaired) electrons. The van der Waals surface area contributed by atoms with Crippen LogP contribution in [0.2, 0.25) is 0 Å². The Bertz CT molecular complexity index is 1090.